The predicted octanol–water partition coefficient (Wildman–Crippen LogP) is 3.13. The summed E-state index contributed by atoms with van der Waals surface area (Å²) in [4.78, 5) is 10.3. The Hall–Kier alpha value is -1.57. The Morgan fingerprint density at radius 3 is 2.53 bits per heavy atom. The zero-order chi connectivity index (χ0) is 11.1. The first-order chi connectivity index (χ1) is 7.22. The standard InChI is InChI=1S/C13H16O2/c1-2-4-11-7-9-12(10-8-11)5-3-6-13(14)15/h3,5,7-10H,2,4,6H2,1H3,(H,14,15). The minimum Gasteiger partial charge on any atom is -0.481 e. The fraction of sp³-hybridized carbons (Fsp3) is 0.308. The summed E-state index contributed by atoms with van der Waals surface area (Å²) in [6.07, 6.45) is 5.82. The van der Waals surface area contributed by atoms with Crippen molar-refractivity contribution in [2.24, 2.45) is 0 Å². The summed E-state index contributed by atoms with van der Waals surface area (Å²) in [6, 6.07) is 8.21. The van der Waals surface area contributed by atoms with Crippen molar-refractivity contribution >= 4 is 12.0 Å². The van der Waals surface area contributed by atoms with E-state index in [2.05, 4.69) is 19.1 Å². The maximum Gasteiger partial charge on any atom is 0.307 e. The van der Waals surface area contributed by atoms with E-state index in [1.165, 1.54) is 5.56 Å². The molecular weight excluding hydrogens is 188 g/mol. The molecule has 0 aliphatic carbocycles. The molecule has 0 aromatic heterocycles. The zero-order valence-electron chi connectivity index (χ0n) is 8.94. The van der Waals surface area contributed by atoms with Crippen LogP contribution in [0.3, 0.4) is 0 Å². The largest absolute Gasteiger partial charge is 0.481 e. The minimum atomic E-state index is -0.797. The molecule has 0 aliphatic heterocycles. The number of hydrogen-bond acceptors (Lipinski definition) is 1. The van der Waals surface area contributed by atoms with E-state index in [-0.39, 0.29) is 6.42 Å². The third-order valence-electron chi connectivity index (χ3n) is 2.12. The highest BCUT2D eigenvalue weighted by atomic mass is 16.4. The molecule has 0 aliphatic rings. The van der Waals surface area contributed by atoms with E-state index in [9.17, 15) is 4.79 Å². The number of aryl methyl sites for hydroxylation is 1. The number of hydrogen-bond donors (Lipinski definition) is 1. The monoisotopic (exact) mass is 204 g/mol. The molecule has 15 heavy (non-hydrogen) atoms. The van der Waals surface area contributed by atoms with Crippen LogP contribution in [-0.2, 0) is 11.2 Å². The van der Waals surface area contributed by atoms with E-state index < -0.39 is 5.97 Å². The molecule has 0 atom stereocenters. The Bertz CT molecular complexity index is 336. The van der Waals surface area contributed by atoms with Gasteiger partial charge in [-0.3, -0.25) is 4.79 Å². The first-order valence-electron chi connectivity index (χ1n) is 5.19. The van der Waals surface area contributed by atoms with E-state index in [0.717, 1.165) is 18.4 Å². The van der Waals surface area contributed by atoms with Crippen LogP contribution < -0.4 is 0 Å². The average molecular weight is 204 g/mol. The fourth-order valence-electron chi connectivity index (χ4n) is 1.38. The molecule has 1 aromatic rings. The van der Waals surface area contributed by atoms with Crippen LogP contribution in [0.4, 0.5) is 0 Å². The van der Waals surface area contributed by atoms with Gasteiger partial charge in [-0.05, 0) is 17.5 Å². The highest BCUT2D eigenvalue weighted by Crippen LogP contribution is 2.08. The molecule has 0 unspecified atom stereocenters. The summed E-state index contributed by atoms with van der Waals surface area (Å²) in [5.74, 6) is -0.797. The lowest BCUT2D eigenvalue weighted by molar-refractivity contribution is -0.135. The molecule has 80 valence electrons. The average Bonchev–Trinajstić information content (AvgIpc) is 2.20. The number of aliphatic carboxylic acids is 1. The Kier molecular flexibility index (Phi) is 4.61. The second-order valence-electron chi connectivity index (χ2n) is 3.49. The third kappa shape index (κ3) is 4.45. The van der Waals surface area contributed by atoms with E-state index in [1.54, 1.807) is 6.08 Å². The first-order valence-corrected chi connectivity index (χ1v) is 5.19. The smallest absolute Gasteiger partial charge is 0.307 e. The van der Waals surface area contributed by atoms with E-state index in [0.29, 0.717) is 0 Å². The van der Waals surface area contributed by atoms with Crippen molar-refractivity contribution in [3.05, 3.63) is 41.5 Å². The summed E-state index contributed by atoms with van der Waals surface area (Å²) in [5.41, 5.74) is 2.38. The molecule has 1 rings (SSSR count). The predicted molar refractivity (Wildman–Crippen MR) is 61.7 cm³/mol. The van der Waals surface area contributed by atoms with Gasteiger partial charge in [-0.15, -0.1) is 0 Å². The summed E-state index contributed by atoms with van der Waals surface area (Å²) in [6.45, 7) is 2.15. The highest BCUT2D eigenvalue weighted by molar-refractivity contribution is 5.70. The fourth-order valence-corrected chi connectivity index (χ4v) is 1.38. The van der Waals surface area contributed by atoms with Gasteiger partial charge in [-0.25, -0.2) is 0 Å². The topological polar surface area (TPSA) is 37.3 Å². The van der Waals surface area contributed by atoms with Gasteiger partial charge in [0.15, 0.2) is 0 Å². The number of benzene rings is 1. The molecule has 0 spiro atoms. The van der Waals surface area contributed by atoms with Gasteiger partial charge in [0, 0.05) is 0 Å². The van der Waals surface area contributed by atoms with Gasteiger partial charge < -0.3 is 5.11 Å². The van der Waals surface area contributed by atoms with E-state index in [4.69, 9.17) is 5.11 Å². The summed E-state index contributed by atoms with van der Waals surface area (Å²) in [5, 5.41) is 8.45. The van der Waals surface area contributed by atoms with Gasteiger partial charge in [0.1, 0.15) is 0 Å². The van der Waals surface area contributed by atoms with Crippen LogP contribution in [0.1, 0.15) is 30.9 Å². The number of carboxylic acids is 1. The van der Waals surface area contributed by atoms with Crippen LogP contribution >= 0.6 is 0 Å². The van der Waals surface area contributed by atoms with Crippen molar-refractivity contribution in [3.8, 4) is 0 Å². The van der Waals surface area contributed by atoms with E-state index in [1.807, 2.05) is 18.2 Å². The number of carboxylic acid groups (broad SMARTS) is 1. The van der Waals surface area contributed by atoms with Gasteiger partial charge >= 0.3 is 5.97 Å². The van der Waals surface area contributed by atoms with Crippen molar-refractivity contribution in [3.63, 3.8) is 0 Å². The molecule has 0 amide bonds. The summed E-state index contributed by atoms with van der Waals surface area (Å²) >= 11 is 0. The molecule has 0 heterocycles. The maximum atomic E-state index is 10.3. The molecule has 1 aromatic carbocycles. The second kappa shape index (κ2) is 6.02. The van der Waals surface area contributed by atoms with Crippen LogP contribution in [0.5, 0.6) is 0 Å². The van der Waals surface area contributed by atoms with Crippen LogP contribution in [-0.4, -0.2) is 11.1 Å². The summed E-state index contributed by atoms with van der Waals surface area (Å²) in [7, 11) is 0. The van der Waals surface area contributed by atoms with Crippen molar-refractivity contribution in [1.29, 1.82) is 0 Å². The number of carbonyl (C=O) groups is 1. The van der Waals surface area contributed by atoms with Gasteiger partial charge in [0.05, 0.1) is 6.42 Å². The molecule has 2 heteroatoms. The molecule has 2 nitrogen and oxygen atoms in total. The zero-order valence-corrected chi connectivity index (χ0v) is 8.94. The molecule has 0 bridgehead atoms. The van der Waals surface area contributed by atoms with Crippen molar-refractivity contribution in [1.82, 2.24) is 0 Å². The lowest BCUT2D eigenvalue weighted by Gasteiger charge is -1.98. The maximum absolute atomic E-state index is 10.3. The van der Waals surface area contributed by atoms with Crippen molar-refractivity contribution in [2.45, 2.75) is 26.2 Å². The minimum absolute atomic E-state index is 0.0801. The second-order valence-corrected chi connectivity index (χ2v) is 3.49. The third-order valence-corrected chi connectivity index (χ3v) is 2.12. The molecule has 0 fully saturated rings. The molecule has 0 radical (unpaired) electrons. The Morgan fingerprint density at radius 2 is 2.00 bits per heavy atom. The van der Waals surface area contributed by atoms with Crippen LogP contribution in [0.2, 0.25) is 0 Å². The number of rotatable bonds is 5. The SMILES string of the molecule is CCCc1ccc(C=CCC(=O)O)cc1. The van der Waals surface area contributed by atoms with Crippen LogP contribution in [0, 0.1) is 0 Å². The van der Waals surface area contributed by atoms with Gasteiger partial charge in [-0.2, -0.15) is 0 Å². The molecule has 0 saturated heterocycles. The van der Waals surface area contributed by atoms with Crippen LogP contribution in [0.15, 0.2) is 30.3 Å². The lowest BCUT2D eigenvalue weighted by Crippen LogP contribution is -1.89. The molecule has 0 saturated carbocycles. The van der Waals surface area contributed by atoms with Gasteiger partial charge in [0.25, 0.3) is 0 Å². The Labute approximate surface area is 90.3 Å². The van der Waals surface area contributed by atoms with Crippen molar-refractivity contribution in [2.75, 3.05) is 0 Å². The van der Waals surface area contributed by atoms with Gasteiger partial charge in [0.2, 0.25) is 0 Å². The Balaban J connectivity index is 2.56. The highest BCUT2D eigenvalue weighted by Gasteiger charge is 1.92. The summed E-state index contributed by atoms with van der Waals surface area (Å²) < 4.78 is 0. The van der Waals surface area contributed by atoms with E-state index >= 15 is 0 Å². The lowest BCUT2D eigenvalue weighted by atomic mass is 10.1. The van der Waals surface area contributed by atoms with Crippen LogP contribution in [0.25, 0.3) is 6.08 Å². The Morgan fingerprint density at radius 1 is 1.33 bits per heavy atom. The first kappa shape index (κ1) is 11.5. The quantitative estimate of drug-likeness (QED) is 0.800. The van der Waals surface area contributed by atoms with Crippen molar-refractivity contribution < 1.29 is 9.90 Å². The molecular formula is C13H16O2. The molecule has 1 N–H and O–H groups in total. The van der Waals surface area contributed by atoms with Gasteiger partial charge in [-0.1, -0.05) is 49.8 Å². The normalized spacial score (nSPS) is 10.7.